The van der Waals surface area contributed by atoms with Crippen LogP contribution in [0.15, 0.2) is 48.5 Å². The third-order valence-electron chi connectivity index (χ3n) is 4.58. The van der Waals surface area contributed by atoms with Crippen molar-refractivity contribution >= 4 is 18.0 Å². The molecule has 1 amide bonds. The Labute approximate surface area is 207 Å². The van der Waals surface area contributed by atoms with Crippen LogP contribution in [0.25, 0.3) is 11.1 Å². The van der Waals surface area contributed by atoms with Crippen molar-refractivity contribution in [3.63, 3.8) is 0 Å². The number of alkyl carbamates (subject to hydrolysis) is 1. The summed E-state index contributed by atoms with van der Waals surface area (Å²) in [6.45, 7) is 0.0606. The van der Waals surface area contributed by atoms with Crippen molar-refractivity contribution in [2.45, 2.75) is 24.8 Å². The van der Waals surface area contributed by atoms with Crippen LogP contribution in [0.1, 0.15) is 29.9 Å². The van der Waals surface area contributed by atoms with E-state index in [2.05, 4.69) is 5.32 Å². The van der Waals surface area contributed by atoms with Crippen LogP contribution in [0, 0.1) is 10.1 Å². The van der Waals surface area contributed by atoms with Crippen molar-refractivity contribution in [2.75, 3.05) is 6.61 Å². The molecular weight excluding hydrogens is 501 g/mol. The maximum atomic E-state index is 12.0. The van der Waals surface area contributed by atoms with Crippen LogP contribution in [0.4, 0.5) is 4.79 Å². The Bertz CT molecular complexity index is 934. The van der Waals surface area contributed by atoms with Crippen molar-refractivity contribution in [1.82, 2.24) is 5.32 Å². The van der Waals surface area contributed by atoms with Gasteiger partial charge in [0.05, 0.1) is 0 Å². The standard InChI is InChI=1S/C20H19NO6.HNO3.Y/c22-18(23)10-9-17(19(24)25)21-20(26)27-11-16-14-7-3-1-5-12(14)13-6-2-4-8-15(13)16;2-1(3)4;/h1-8,16-17H,9-11H2,(H,21,26)(H,22,23)(H,24,25);(H,2,3,4);. The number of fused-ring (bicyclic) bond motifs is 3. The molecule has 167 valence electrons. The molecule has 0 aromatic heterocycles. The van der Waals surface area contributed by atoms with Crippen molar-refractivity contribution < 1.29 is 72.3 Å². The summed E-state index contributed by atoms with van der Waals surface area (Å²) in [5.41, 5.74) is 4.28. The summed E-state index contributed by atoms with van der Waals surface area (Å²) in [6.07, 6.45) is -1.45. The van der Waals surface area contributed by atoms with Gasteiger partial charge in [0.2, 0.25) is 0 Å². The summed E-state index contributed by atoms with van der Waals surface area (Å²) < 4.78 is 5.27. The third-order valence-corrected chi connectivity index (χ3v) is 4.58. The second-order valence-corrected chi connectivity index (χ2v) is 6.53. The van der Waals surface area contributed by atoms with E-state index in [1.54, 1.807) is 0 Å². The fourth-order valence-corrected chi connectivity index (χ4v) is 3.31. The van der Waals surface area contributed by atoms with Crippen molar-refractivity contribution in [1.29, 1.82) is 0 Å². The van der Waals surface area contributed by atoms with Crippen LogP contribution >= 0.6 is 0 Å². The molecule has 1 radical (unpaired) electrons. The molecule has 2 aromatic rings. The molecule has 0 bridgehead atoms. The largest absolute Gasteiger partial charge is 0.481 e. The SMILES string of the molecule is O=C(O)CCC(NC(=O)OCC1c2ccccc2-c2ccccc21)C(=O)O.O=[N+]([O-])O.[Y]. The molecule has 12 heteroatoms. The molecule has 3 rings (SSSR count). The molecule has 4 N–H and O–H groups in total. The molecule has 0 saturated heterocycles. The van der Waals surface area contributed by atoms with E-state index in [0.29, 0.717) is 0 Å². The first-order valence-corrected chi connectivity index (χ1v) is 9.10. The molecule has 1 atom stereocenters. The quantitative estimate of drug-likeness (QED) is 0.315. The zero-order chi connectivity index (χ0) is 23.0. The normalized spacial score (nSPS) is 12.0. The molecule has 32 heavy (non-hydrogen) atoms. The van der Waals surface area contributed by atoms with Gasteiger partial charge in [0.15, 0.2) is 0 Å². The van der Waals surface area contributed by atoms with Crippen molar-refractivity contribution in [2.24, 2.45) is 0 Å². The van der Waals surface area contributed by atoms with Gasteiger partial charge in [-0.25, -0.2) is 9.59 Å². The number of benzene rings is 2. The maximum absolute atomic E-state index is 12.0. The Kier molecular flexibility index (Phi) is 10.7. The topological polar surface area (TPSA) is 176 Å². The van der Waals surface area contributed by atoms with Gasteiger partial charge in [0.1, 0.15) is 12.6 Å². The molecule has 1 unspecified atom stereocenters. The Morgan fingerprint density at radius 2 is 1.50 bits per heavy atom. The molecule has 0 spiro atoms. The zero-order valence-electron chi connectivity index (χ0n) is 16.7. The van der Waals surface area contributed by atoms with Crippen LogP contribution in [-0.4, -0.2) is 51.2 Å². The molecule has 1 aliphatic carbocycles. The first-order valence-electron chi connectivity index (χ1n) is 9.10. The summed E-state index contributed by atoms with van der Waals surface area (Å²) in [6, 6.07) is 14.4. The second kappa shape index (κ2) is 12.7. The maximum Gasteiger partial charge on any atom is 0.407 e. The predicted octanol–water partition coefficient (Wildman–Crippen LogP) is 2.49. The number of carboxylic acid groups (broad SMARTS) is 2. The van der Waals surface area contributed by atoms with Gasteiger partial charge in [-0.15, -0.1) is 10.1 Å². The molecule has 11 nitrogen and oxygen atoms in total. The summed E-state index contributed by atoms with van der Waals surface area (Å²) in [5.74, 6) is -2.56. The van der Waals surface area contributed by atoms with E-state index in [0.717, 1.165) is 22.3 Å². The van der Waals surface area contributed by atoms with Crippen LogP contribution in [-0.2, 0) is 47.0 Å². The second-order valence-electron chi connectivity index (χ2n) is 6.53. The number of rotatable bonds is 7. The zero-order valence-corrected chi connectivity index (χ0v) is 19.5. The van der Waals surface area contributed by atoms with Crippen molar-refractivity contribution in [3.05, 3.63) is 69.8 Å². The van der Waals surface area contributed by atoms with E-state index in [-0.39, 0.29) is 58.1 Å². The molecule has 1 aliphatic rings. The van der Waals surface area contributed by atoms with Gasteiger partial charge in [-0.05, 0) is 28.7 Å². The monoisotopic (exact) mass is 521 g/mol. The number of nitrogens with one attached hydrogen (secondary N) is 1. The number of carbonyl (C=O) groups is 3. The van der Waals surface area contributed by atoms with Gasteiger partial charge in [-0.1, -0.05) is 48.5 Å². The van der Waals surface area contributed by atoms with E-state index in [1.165, 1.54) is 0 Å². The molecule has 0 heterocycles. The number of amides is 1. The summed E-state index contributed by atoms with van der Waals surface area (Å²) in [5, 5.41) is 33.6. The van der Waals surface area contributed by atoms with Gasteiger partial charge in [-0.2, -0.15) is 0 Å². The summed E-state index contributed by atoms with van der Waals surface area (Å²) in [7, 11) is 0. The smallest absolute Gasteiger partial charge is 0.407 e. The number of nitrogens with zero attached hydrogens (tertiary/aromatic N) is 1. The average Bonchev–Trinajstić information content (AvgIpc) is 3.02. The van der Waals surface area contributed by atoms with Gasteiger partial charge in [0, 0.05) is 45.0 Å². The van der Waals surface area contributed by atoms with Gasteiger partial charge in [0.25, 0.3) is 5.09 Å². The summed E-state index contributed by atoms with van der Waals surface area (Å²) in [4.78, 5) is 42.2. The minimum absolute atomic E-state index is 0. The van der Waals surface area contributed by atoms with E-state index < -0.39 is 29.2 Å². The van der Waals surface area contributed by atoms with Gasteiger partial charge >= 0.3 is 18.0 Å². The van der Waals surface area contributed by atoms with Gasteiger partial charge < -0.3 is 25.5 Å². The molecular formula is C20H20N2O9Y. The summed E-state index contributed by atoms with van der Waals surface area (Å²) >= 11 is 0. The number of hydrogen-bond donors (Lipinski definition) is 4. The Hall–Kier alpha value is -3.05. The van der Waals surface area contributed by atoms with Crippen molar-refractivity contribution in [3.8, 4) is 11.1 Å². The average molecular weight is 521 g/mol. The molecule has 0 aliphatic heterocycles. The van der Waals surface area contributed by atoms with Crippen LogP contribution in [0.5, 0.6) is 0 Å². The molecule has 0 fully saturated rings. The van der Waals surface area contributed by atoms with Crippen LogP contribution in [0.3, 0.4) is 0 Å². The fourth-order valence-electron chi connectivity index (χ4n) is 3.31. The minimum atomic E-state index is -1.50. The fraction of sp³-hybridized carbons (Fsp3) is 0.250. The Morgan fingerprint density at radius 3 is 1.94 bits per heavy atom. The first kappa shape index (κ1) is 27.0. The van der Waals surface area contributed by atoms with Crippen LogP contribution < -0.4 is 5.32 Å². The third kappa shape index (κ3) is 7.58. The van der Waals surface area contributed by atoms with E-state index >= 15 is 0 Å². The van der Waals surface area contributed by atoms with Crippen LogP contribution in [0.2, 0.25) is 0 Å². The number of aliphatic carboxylic acids is 2. The molecule has 2 aromatic carbocycles. The number of carboxylic acids is 2. The number of carbonyl (C=O) groups excluding carboxylic acids is 1. The number of hydrogen-bond acceptors (Lipinski definition) is 6. The molecule has 0 saturated carbocycles. The number of ether oxygens (including phenoxy) is 1. The van der Waals surface area contributed by atoms with E-state index in [4.69, 9.17) is 30.3 Å². The Balaban J connectivity index is 0.000000945. The minimum Gasteiger partial charge on any atom is -0.481 e. The Morgan fingerprint density at radius 1 is 1.03 bits per heavy atom. The van der Waals surface area contributed by atoms with Gasteiger partial charge in [-0.3, -0.25) is 4.79 Å². The predicted molar refractivity (Wildman–Crippen MR) is 105 cm³/mol. The first-order chi connectivity index (χ1) is 14.7. The van der Waals surface area contributed by atoms with E-state index in [1.807, 2.05) is 48.5 Å². The van der Waals surface area contributed by atoms with E-state index in [9.17, 15) is 14.4 Å².